The van der Waals surface area contributed by atoms with Crippen molar-refractivity contribution in [3.63, 3.8) is 0 Å². The lowest BCUT2D eigenvalue weighted by molar-refractivity contribution is -0.113. The minimum absolute atomic E-state index is 0.0882. The molecule has 1 N–H and O–H groups in total. The molecule has 0 spiro atoms. The van der Waals surface area contributed by atoms with Crippen molar-refractivity contribution in [2.24, 2.45) is 5.92 Å². The first kappa shape index (κ1) is 27.3. The third-order valence-corrected chi connectivity index (χ3v) is 7.31. The number of rotatable bonds is 10. The van der Waals surface area contributed by atoms with Gasteiger partial charge in [-0.25, -0.2) is 0 Å². The van der Waals surface area contributed by atoms with E-state index in [-0.39, 0.29) is 17.8 Å². The molecule has 2 aromatic carbocycles. The van der Waals surface area contributed by atoms with E-state index >= 15 is 0 Å². The number of aryl methyl sites for hydroxylation is 2. The van der Waals surface area contributed by atoms with E-state index in [2.05, 4.69) is 69.8 Å². The lowest BCUT2D eigenvalue weighted by Gasteiger charge is -2.20. The molecule has 0 saturated carbocycles. The van der Waals surface area contributed by atoms with Gasteiger partial charge in [0.15, 0.2) is 17.1 Å². The molecule has 0 fully saturated rings. The average Bonchev–Trinajstić information content (AvgIpc) is 3.18. The summed E-state index contributed by atoms with van der Waals surface area (Å²) in [6.07, 6.45) is -0.282. The number of nitrogens with zero attached hydrogens (tertiary/aromatic N) is 3. The van der Waals surface area contributed by atoms with E-state index in [1.54, 1.807) is 0 Å². The summed E-state index contributed by atoms with van der Waals surface area (Å²) in [5.74, 6) is 2.52. The number of amides is 1. The number of hydrogen-bond acceptors (Lipinski definition) is 5. The van der Waals surface area contributed by atoms with Crippen molar-refractivity contribution >= 4 is 39.3 Å². The molecule has 35 heavy (non-hydrogen) atoms. The van der Waals surface area contributed by atoms with Crippen LogP contribution in [0.3, 0.4) is 0 Å². The van der Waals surface area contributed by atoms with Crippen LogP contribution in [-0.4, -0.2) is 26.4 Å². The molecule has 1 unspecified atom stereocenters. The molecule has 1 amide bonds. The van der Waals surface area contributed by atoms with Gasteiger partial charge in [-0.05, 0) is 83.4 Å². The summed E-state index contributed by atoms with van der Waals surface area (Å²) >= 11 is 4.93. The summed E-state index contributed by atoms with van der Waals surface area (Å²) in [7, 11) is 0. The Hall–Kier alpha value is -2.32. The van der Waals surface area contributed by atoms with Crippen LogP contribution in [0.4, 0.5) is 5.69 Å². The number of aromatic nitrogens is 3. The zero-order valence-corrected chi connectivity index (χ0v) is 24.0. The summed E-state index contributed by atoms with van der Waals surface area (Å²) in [6.45, 7) is 15.4. The van der Waals surface area contributed by atoms with E-state index in [0.717, 1.165) is 44.6 Å². The highest BCUT2D eigenvalue weighted by Gasteiger charge is 2.22. The second-order valence-electron chi connectivity index (χ2n) is 9.55. The molecular formula is C27H35BrN4O2S. The van der Waals surface area contributed by atoms with E-state index in [4.69, 9.17) is 4.74 Å². The third kappa shape index (κ3) is 7.10. The number of nitrogens with one attached hydrogen (secondary N) is 1. The van der Waals surface area contributed by atoms with Crippen LogP contribution in [0.15, 0.2) is 46.0 Å². The number of ether oxygens (including phenoxy) is 1. The van der Waals surface area contributed by atoms with Crippen LogP contribution >= 0.6 is 27.7 Å². The van der Waals surface area contributed by atoms with Crippen LogP contribution in [0.25, 0.3) is 0 Å². The molecule has 6 nitrogen and oxygen atoms in total. The normalized spacial score (nSPS) is 12.3. The fourth-order valence-electron chi connectivity index (χ4n) is 3.75. The van der Waals surface area contributed by atoms with Crippen molar-refractivity contribution in [3.8, 4) is 5.75 Å². The quantitative estimate of drug-likeness (QED) is 0.264. The molecule has 3 rings (SSSR count). The maximum atomic E-state index is 12.7. The van der Waals surface area contributed by atoms with E-state index in [1.807, 2.05) is 51.1 Å². The number of para-hydroxylation sites is 1. The Morgan fingerprint density at radius 3 is 2.46 bits per heavy atom. The second kappa shape index (κ2) is 12.1. The zero-order chi connectivity index (χ0) is 25.7. The summed E-state index contributed by atoms with van der Waals surface area (Å²) in [5.41, 5.74) is 4.24. The monoisotopic (exact) mass is 558 g/mol. The molecular weight excluding hydrogens is 524 g/mol. The number of hydrogen-bond donors (Lipinski definition) is 1. The molecule has 0 aliphatic carbocycles. The van der Waals surface area contributed by atoms with Gasteiger partial charge in [-0.1, -0.05) is 57.7 Å². The van der Waals surface area contributed by atoms with Gasteiger partial charge in [-0.15, -0.1) is 10.2 Å². The summed E-state index contributed by atoms with van der Waals surface area (Å²) < 4.78 is 9.30. The molecule has 0 aliphatic rings. The summed E-state index contributed by atoms with van der Waals surface area (Å²) in [5, 5.41) is 12.6. The smallest absolute Gasteiger partial charge is 0.234 e. The van der Waals surface area contributed by atoms with E-state index in [1.165, 1.54) is 17.3 Å². The van der Waals surface area contributed by atoms with E-state index in [0.29, 0.717) is 11.8 Å². The molecule has 0 bridgehead atoms. The molecule has 188 valence electrons. The van der Waals surface area contributed by atoms with Gasteiger partial charge in [-0.3, -0.25) is 4.79 Å². The van der Waals surface area contributed by atoms with E-state index < -0.39 is 0 Å². The number of carbonyl (C=O) groups excluding carboxylic acids is 1. The average molecular weight is 560 g/mol. The van der Waals surface area contributed by atoms with E-state index in [9.17, 15) is 4.79 Å². The van der Waals surface area contributed by atoms with Crippen LogP contribution in [0, 0.1) is 19.8 Å². The Kier molecular flexibility index (Phi) is 9.41. The number of anilines is 1. The van der Waals surface area contributed by atoms with Gasteiger partial charge in [0.1, 0.15) is 5.75 Å². The number of benzene rings is 2. The van der Waals surface area contributed by atoms with Crippen LogP contribution in [0.1, 0.15) is 69.2 Å². The molecule has 3 aromatic rings. The summed E-state index contributed by atoms with van der Waals surface area (Å²) in [6, 6.07) is 12.1. The van der Waals surface area contributed by atoms with Crippen LogP contribution < -0.4 is 10.1 Å². The first-order valence-electron chi connectivity index (χ1n) is 11.9. The molecule has 8 heteroatoms. The highest BCUT2D eigenvalue weighted by atomic mass is 79.9. The Labute approximate surface area is 221 Å². The van der Waals surface area contributed by atoms with Crippen molar-refractivity contribution in [1.82, 2.24) is 14.8 Å². The first-order chi connectivity index (χ1) is 16.6. The standard InChI is InChI=1S/C27H35BrN4O2S/c1-16(2)14-32-26(20(7)34-24-11-9-8-10-21(24)17(3)4)30-31-27(32)35-15-25(33)29-23-13-19(6)18(5)12-22(23)28/h8-13,16-17,20H,14-15H2,1-7H3,(H,29,33). The van der Waals surface area contributed by atoms with Crippen LogP contribution in [0.5, 0.6) is 5.75 Å². The molecule has 1 aromatic heterocycles. The van der Waals surface area contributed by atoms with Crippen molar-refractivity contribution in [2.45, 2.75) is 72.2 Å². The third-order valence-electron chi connectivity index (χ3n) is 5.69. The minimum atomic E-state index is -0.282. The van der Waals surface area contributed by atoms with Gasteiger partial charge < -0.3 is 14.6 Å². The second-order valence-corrected chi connectivity index (χ2v) is 11.3. The SMILES string of the molecule is Cc1cc(Br)c(NC(=O)CSc2nnc(C(C)Oc3ccccc3C(C)C)n2CC(C)C)cc1C. The van der Waals surface area contributed by atoms with Gasteiger partial charge in [0.25, 0.3) is 0 Å². The molecule has 0 radical (unpaired) electrons. The Bertz CT molecular complexity index is 1180. The predicted molar refractivity (Wildman–Crippen MR) is 147 cm³/mol. The fourth-order valence-corrected chi connectivity index (χ4v) is 5.06. The minimum Gasteiger partial charge on any atom is -0.482 e. The number of thioether (sulfide) groups is 1. The van der Waals surface area contributed by atoms with Crippen molar-refractivity contribution in [2.75, 3.05) is 11.1 Å². The number of halogens is 1. The lowest BCUT2D eigenvalue weighted by atomic mass is 10.0. The highest BCUT2D eigenvalue weighted by Crippen LogP contribution is 2.31. The Morgan fingerprint density at radius 1 is 1.09 bits per heavy atom. The van der Waals surface area contributed by atoms with Gasteiger partial charge >= 0.3 is 0 Å². The Balaban J connectivity index is 1.75. The molecule has 0 aliphatic heterocycles. The highest BCUT2D eigenvalue weighted by molar-refractivity contribution is 9.10. The van der Waals surface area contributed by atoms with Gasteiger partial charge in [0.2, 0.25) is 5.91 Å². The molecule has 1 atom stereocenters. The van der Waals surface area contributed by atoms with Crippen molar-refractivity contribution in [3.05, 3.63) is 63.4 Å². The van der Waals surface area contributed by atoms with Gasteiger partial charge in [0, 0.05) is 11.0 Å². The maximum absolute atomic E-state index is 12.7. The molecule has 0 saturated heterocycles. The van der Waals surface area contributed by atoms with Crippen molar-refractivity contribution in [1.29, 1.82) is 0 Å². The topological polar surface area (TPSA) is 69.0 Å². The van der Waals surface area contributed by atoms with Gasteiger partial charge in [-0.2, -0.15) is 0 Å². The van der Waals surface area contributed by atoms with Crippen molar-refractivity contribution < 1.29 is 9.53 Å². The zero-order valence-electron chi connectivity index (χ0n) is 21.6. The summed E-state index contributed by atoms with van der Waals surface area (Å²) in [4.78, 5) is 12.7. The largest absolute Gasteiger partial charge is 0.482 e. The lowest BCUT2D eigenvalue weighted by Crippen LogP contribution is -2.17. The Morgan fingerprint density at radius 2 is 1.77 bits per heavy atom. The van der Waals surface area contributed by atoms with Crippen LogP contribution in [-0.2, 0) is 11.3 Å². The van der Waals surface area contributed by atoms with Crippen LogP contribution in [0.2, 0.25) is 0 Å². The maximum Gasteiger partial charge on any atom is 0.234 e. The fraction of sp³-hybridized carbons (Fsp3) is 0.444. The van der Waals surface area contributed by atoms with Gasteiger partial charge in [0.05, 0.1) is 11.4 Å². The molecule has 1 heterocycles. The predicted octanol–water partition coefficient (Wildman–Crippen LogP) is 7.31. The first-order valence-corrected chi connectivity index (χ1v) is 13.7. The number of carbonyl (C=O) groups is 1.